The number of aliphatic carboxylic acids is 1. The summed E-state index contributed by atoms with van der Waals surface area (Å²) in [5.74, 6) is 0.151. The topological polar surface area (TPSA) is 94.6 Å². The Morgan fingerprint density at radius 1 is 1.26 bits per heavy atom. The van der Waals surface area contributed by atoms with Gasteiger partial charge in [0.15, 0.2) is 0 Å². The van der Waals surface area contributed by atoms with Gasteiger partial charge in [-0.1, -0.05) is 18.2 Å². The Morgan fingerprint density at radius 3 is 2.68 bits per heavy atom. The van der Waals surface area contributed by atoms with Crippen LogP contribution in [0.25, 0.3) is 20.9 Å². The van der Waals surface area contributed by atoms with Crippen LogP contribution < -0.4 is 10.3 Å². The van der Waals surface area contributed by atoms with E-state index in [1.54, 1.807) is 25.6 Å². The highest BCUT2D eigenvalue weighted by atomic mass is 32.1. The minimum atomic E-state index is -1.39. The second-order valence-electron chi connectivity index (χ2n) is 7.70. The zero-order valence-corrected chi connectivity index (χ0v) is 18.2. The number of fused-ring (bicyclic) bond motifs is 1. The number of carbonyl (C=O) groups is 1. The Hall–Kier alpha value is -3.39. The number of nitrogens with zero attached hydrogens (tertiary/aromatic N) is 2. The summed E-state index contributed by atoms with van der Waals surface area (Å²) in [4.78, 5) is 30.0. The molecule has 1 N–H and O–H groups in total. The molecule has 7 nitrogen and oxygen atoms in total. The van der Waals surface area contributed by atoms with E-state index in [-0.39, 0.29) is 5.56 Å². The van der Waals surface area contributed by atoms with E-state index in [1.165, 1.54) is 36.0 Å². The smallest absolute Gasteiger partial charge is 0.329 e. The van der Waals surface area contributed by atoms with E-state index in [0.717, 1.165) is 26.5 Å². The van der Waals surface area contributed by atoms with Crippen molar-refractivity contribution in [3.05, 3.63) is 70.5 Å². The van der Waals surface area contributed by atoms with Crippen LogP contribution >= 0.6 is 11.3 Å². The Bertz CT molecular complexity index is 1300. The summed E-state index contributed by atoms with van der Waals surface area (Å²) in [6.45, 7) is 3.04. The van der Waals surface area contributed by atoms with Gasteiger partial charge in [0.2, 0.25) is 5.89 Å². The molecule has 0 radical (unpaired) electrons. The molecule has 31 heavy (non-hydrogen) atoms. The fourth-order valence-corrected chi connectivity index (χ4v) is 4.64. The summed E-state index contributed by atoms with van der Waals surface area (Å²) in [6, 6.07) is 9.51. The van der Waals surface area contributed by atoms with E-state index >= 15 is 0 Å². The molecule has 0 unspecified atom stereocenters. The lowest BCUT2D eigenvalue weighted by Gasteiger charge is -2.23. The van der Waals surface area contributed by atoms with E-state index in [9.17, 15) is 14.7 Å². The summed E-state index contributed by atoms with van der Waals surface area (Å²) >= 11 is 1.42. The number of pyridine rings is 1. The molecule has 0 aliphatic rings. The predicted octanol–water partition coefficient (Wildman–Crippen LogP) is 4.33. The van der Waals surface area contributed by atoms with Gasteiger partial charge in [-0.15, -0.1) is 11.3 Å². The van der Waals surface area contributed by atoms with Crippen LogP contribution in [0.15, 0.2) is 58.2 Å². The predicted molar refractivity (Wildman–Crippen MR) is 119 cm³/mol. The number of ether oxygens (including phenoxy) is 1. The maximum atomic E-state index is 13.2. The number of carboxylic acid groups (broad SMARTS) is 1. The molecule has 3 heterocycles. The molecule has 4 aromatic rings. The highest BCUT2D eigenvalue weighted by Crippen LogP contribution is 2.34. The summed E-state index contributed by atoms with van der Waals surface area (Å²) in [7, 11) is 1.63. The third-order valence-electron chi connectivity index (χ3n) is 5.38. The molecular formula is C23H22N2O5S. The van der Waals surface area contributed by atoms with Crippen molar-refractivity contribution in [2.75, 3.05) is 7.11 Å². The number of para-hydroxylation sites is 1. The molecule has 160 valence electrons. The van der Waals surface area contributed by atoms with Gasteiger partial charge in [-0.2, -0.15) is 0 Å². The number of methoxy groups -OCH3 is 1. The van der Waals surface area contributed by atoms with Gasteiger partial charge in [-0.05, 0) is 49.9 Å². The van der Waals surface area contributed by atoms with Gasteiger partial charge in [0.05, 0.1) is 23.6 Å². The first-order valence-corrected chi connectivity index (χ1v) is 10.6. The number of aromatic nitrogens is 2. The molecule has 0 saturated carbocycles. The normalized spacial score (nSPS) is 11.7. The molecule has 0 aliphatic heterocycles. The van der Waals surface area contributed by atoms with Crippen molar-refractivity contribution in [2.24, 2.45) is 0 Å². The lowest BCUT2D eigenvalue weighted by molar-refractivity contribution is -0.145. The summed E-state index contributed by atoms with van der Waals surface area (Å²) in [5.41, 5.74) is 0.184. The molecule has 0 spiro atoms. The maximum Gasteiger partial charge on any atom is 0.329 e. The highest BCUT2D eigenvalue weighted by Gasteiger charge is 2.32. The molecule has 0 fully saturated rings. The zero-order chi connectivity index (χ0) is 22.2. The number of hydrogen-bond acceptors (Lipinski definition) is 6. The van der Waals surface area contributed by atoms with Crippen LogP contribution in [0.4, 0.5) is 0 Å². The van der Waals surface area contributed by atoms with E-state index in [1.807, 2.05) is 24.3 Å². The molecule has 0 saturated heterocycles. The minimum Gasteiger partial charge on any atom is -0.496 e. The summed E-state index contributed by atoms with van der Waals surface area (Å²) in [6.07, 6.45) is 5.99. The maximum absolute atomic E-state index is 13.2. The highest BCUT2D eigenvalue weighted by molar-refractivity contribution is 7.22. The molecule has 0 amide bonds. The number of rotatable bonds is 7. The number of aryl methyl sites for hydroxylation is 2. The van der Waals surface area contributed by atoms with Crippen molar-refractivity contribution in [2.45, 2.75) is 32.2 Å². The van der Waals surface area contributed by atoms with Gasteiger partial charge < -0.3 is 14.3 Å². The number of hydrogen-bond donors (Lipinski definition) is 1. The molecule has 3 aromatic heterocycles. The van der Waals surface area contributed by atoms with Gasteiger partial charge >= 0.3 is 5.97 Å². The van der Waals surface area contributed by atoms with Crippen molar-refractivity contribution in [3.8, 4) is 16.5 Å². The fourth-order valence-electron chi connectivity index (χ4n) is 3.52. The zero-order valence-electron chi connectivity index (χ0n) is 17.4. The van der Waals surface area contributed by atoms with Crippen LogP contribution in [-0.2, 0) is 23.2 Å². The number of oxazole rings is 1. The summed E-state index contributed by atoms with van der Waals surface area (Å²) in [5, 5.41) is 10.2. The van der Waals surface area contributed by atoms with Gasteiger partial charge in [-0.25, -0.2) is 9.78 Å². The van der Waals surface area contributed by atoms with Crippen LogP contribution in [0.1, 0.15) is 25.0 Å². The van der Waals surface area contributed by atoms with Crippen molar-refractivity contribution in [1.82, 2.24) is 9.55 Å². The van der Waals surface area contributed by atoms with Crippen LogP contribution in [0.2, 0.25) is 0 Å². The van der Waals surface area contributed by atoms with E-state index in [0.29, 0.717) is 24.1 Å². The van der Waals surface area contributed by atoms with Crippen molar-refractivity contribution in [1.29, 1.82) is 0 Å². The molecule has 1 aromatic carbocycles. The lowest BCUT2D eigenvalue weighted by atomic mass is 10.0. The molecule has 0 bridgehead atoms. The average Bonchev–Trinajstić information content (AvgIpc) is 3.43. The van der Waals surface area contributed by atoms with Crippen LogP contribution in [0.5, 0.6) is 5.75 Å². The Morgan fingerprint density at radius 2 is 2.00 bits per heavy atom. The first-order valence-electron chi connectivity index (χ1n) is 9.76. The van der Waals surface area contributed by atoms with Gasteiger partial charge in [0.1, 0.15) is 17.6 Å². The second-order valence-corrected chi connectivity index (χ2v) is 8.75. The Labute approximate surface area is 182 Å². The van der Waals surface area contributed by atoms with Gasteiger partial charge in [0, 0.05) is 10.9 Å². The Balaban J connectivity index is 1.86. The largest absolute Gasteiger partial charge is 0.496 e. The number of thiophene rings is 1. The van der Waals surface area contributed by atoms with Gasteiger partial charge in [0.25, 0.3) is 5.56 Å². The van der Waals surface area contributed by atoms with E-state index in [2.05, 4.69) is 4.98 Å². The van der Waals surface area contributed by atoms with Crippen molar-refractivity contribution < 1.29 is 19.1 Å². The number of benzene rings is 1. The lowest BCUT2D eigenvalue weighted by Crippen LogP contribution is -2.42. The SMILES string of the molecule is COc1ccccc1CCc1cn(C(C)(C)C(=O)O)c(=O)c2cc(-c3ncco3)sc12. The third-order valence-corrected chi connectivity index (χ3v) is 6.58. The standard InChI is InChI=1S/C23H22N2O5S/c1-23(2,22(27)28)25-13-15(9-8-14-6-4-5-7-17(14)29-3)19-16(21(25)26)12-18(31-19)20-24-10-11-30-20/h4-7,10-13H,8-9H2,1-3H3,(H,27,28). The molecule has 4 rings (SSSR count). The second kappa shape index (κ2) is 8.03. The molecular weight excluding hydrogens is 416 g/mol. The average molecular weight is 439 g/mol. The quantitative estimate of drug-likeness (QED) is 0.461. The first-order chi connectivity index (χ1) is 14.8. The third kappa shape index (κ3) is 3.74. The van der Waals surface area contributed by atoms with E-state index < -0.39 is 11.5 Å². The monoisotopic (exact) mass is 438 g/mol. The minimum absolute atomic E-state index is 0.350. The van der Waals surface area contributed by atoms with Gasteiger partial charge in [-0.3, -0.25) is 9.36 Å². The molecule has 0 atom stereocenters. The molecule has 8 heteroatoms. The summed E-state index contributed by atoms with van der Waals surface area (Å²) < 4.78 is 13.0. The van der Waals surface area contributed by atoms with E-state index in [4.69, 9.17) is 9.15 Å². The van der Waals surface area contributed by atoms with Crippen LogP contribution in [0, 0.1) is 0 Å². The fraction of sp³-hybridized carbons (Fsp3) is 0.261. The first kappa shape index (κ1) is 20.9. The molecule has 0 aliphatic carbocycles. The number of carboxylic acids is 1. The van der Waals surface area contributed by atoms with Crippen LogP contribution in [-0.4, -0.2) is 27.7 Å². The Kier molecular flexibility index (Phi) is 5.41. The van der Waals surface area contributed by atoms with Crippen molar-refractivity contribution in [3.63, 3.8) is 0 Å². The van der Waals surface area contributed by atoms with Crippen molar-refractivity contribution >= 4 is 27.4 Å². The van der Waals surface area contributed by atoms with Crippen LogP contribution in [0.3, 0.4) is 0 Å².